The highest BCUT2D eigenvalue weighted by molar-refractivity contribution is 9.10. The average molecular weight is 506 g/mol. The fraction of sp³-hybridized carbons (Fsp3) is 0.429. The number of piperidine rings is 1. The Morgan fingerprint density at radius 2 is 2.03 bits per heavy atom. The minimum Gasteiger partial charge on any atom is -0.497 e. The summed E-state index contributed by atoms with van der Waals surface area (Å²) in [6.07, 6.45) is 9.22. The van der Waals surface area contributed by atoms with Crippen LogP contribution in [0.2, 0.25) is 0 Å². The summed E-state index contributed by atoms with van der Waals surface area (Å²) in [6.45, 7) is 2.86. The summed E-state index contributed by atoms with van der Waals surface area (Å²) in [6, 6.07) is 12.9. The molecule has 5 heteroatoms. The van der Waals surface area contributed by atoms with Gasteiger partial charge in [-0.2, -0.15) is 0 Å². The first-order valence-electron chi connectivity index (χ1n) is 12.1. The predicted octanol–water partition coefficient (Wildman–Crippen LogP) is 5.54. The van der Waals surface area contributed by atoms with Crippen LogP contribution < -0.4 is 9.47 Å². The fourth-order valence-electron chi connectivity index (χ4n) is 6.57. The normalized spacial score (nSPS) is 29.0. The largest absolute Gasteiger partial charge is 0.497 e. The van der Waals surface area contributed by atoms with E-state index in [0.717, 1.165) is 52.6 Å². The summed E-state index contributed by atoms with van der Waals surface area (Å²) in [5.41, 5.74) is 5.24. The topological polar surface area (TPSA) is 30.9 Å². The molecule has 5 aliphatic rings. The van der Waals surface area contributed by atoms with E-state index < -0.39 is 0 Å². The minimum atomic E-state index is -0.150. The first-order valence-corrected chi connectivity index (χ1v) is 12.9. The molecule has 3 aliphatic carbocycles. The zero-order valence-electron chi connectivity index (χ0n) is 18.9. The number of methoxy groups -OCH3 is 1. The fourth-order valence-corrected chi connectivity index (χ4v) is 7.14. The van der Waals surface area contributed by atoms with E-state index in [2.05, 4.69) is 51.2 Å². The van der Waals surface area contributed by atoms with Crippen LogP contribution in [0.5, 0.6) is 11.5 Å². The van der Waals surface area contributed by atoms with Crippen molar-refractivity contribution in [2.45, 2.75) is 49.9 Å². The zero-order valence-corrected chi connectivity index (χ0v) is 20.4. The lowest BCUT2D eigenvalue weighted by molar-refractivity contribution is 0.0621. The molecule has 2 bridgehead atoms. The van der Waals surface area contributed by atoms with Crippen molar-refractivity contribution < 1.29 is 14.2 Å². The number of rotatable bonds is 6. The van der Waals surface area contributed by atoms with Gasteiger partial charge in [-0.15, -0.1) is 0 Å². The Hall–Kier alpha value is -2.24. The Morgan fingerprint density at radius 1 is 1.18 bits per heavy atom. The van der Waals surface area contributed by atoms with E-state index in [9.17, 15) is 0 Å². The summed E-state index contributed by atoms with van der Waals surface area (Å²) in [4.78, 5) is 2.74. The molecule has 1 saturated carbocycles. The molecule has 7 rings (SSSR count). The molecule has 0 radical (unpaired) electrons. The second-order valence-electron chi connectivity index (χ2n) is 10.1. The molecule has 2 fully saturated rings. The predicted molar refractivity (Wildman–Crippen MR) is 131 cm³/mol. The number of hydrogen-bond donors (Lipinski definition) is 0. The first-order chi connectivity index (χ1) is 16.2. The van der Waals surface area contributed by atoms with Crippen LogP contribution in [0.4, 0.5) is 0 Å². The van der Waals surface area contributed by atoms with Crippen LogP contribution in [0, 0.1) is 5.92 Å². The molecule has 0 aromatic heterocycles. The Labute approximate surface area is 203 Å². The Bertz CT molecular complexity index is 1190. The van der Waals surface area contributed by atoms with Crippen LogP contribution in [-0.2, 0) is 23.2 Å². The number of likely N-dealkylation sites (tertiary alicyclic amines) is 1. The maximum atomic E-state index is 6.79. The van der Waals surface area contributed by atoms with Crippen molar-refractivity contribution in [1.29, 1.82) is 0 Å². The number of benzene rings is 2. The molecule has 33 heavy (non-hydrogen) atoms. The van der Waals surface area contributed by atoms with Crippen LogP contribution in [0.1, 0.15) is 36.0 Å². The molecule has 0 N–H and O–H groups in total. The molecule has 3 atom stereocenters. The average Bonchev–Trinajstić information content (AvgIpc) is 3.59. The molecule has 0 amide bonds. The smallest absolute Gasteiger partial charge is 0.169 e. The van der Waals surface area contributed by atoms with E-state index >= 15 is 0 Å². The number of ether oxygens (including phenoxy) is 3. The van der Waals surface area contributed by atoms with E-state index in [0.29, 0.717) is 12.6 Å². The van der Waals surface area contributed by atoms with E-state index in [1.807, 2.05) is 18.2 Å². The third-order valence-corrected chi connectivity index (χ3v) is 8.99. The van der Waals surface area contributed by atoms with E-state index in [4.69, 9.17) is 14.2 Å². The van der Waals surface area contributed by atoms with Crippen molar-refractivity contribution in [1.82, 2.24) is 4.90 Å². The summed E-state index contributed by atoms with van der Waals surface area (Å²) in [5, 5.41) is 0. The highest BCUT2D eigenvalue weighted by Crippen LogP contribution is 2.64. The third-order valence-electron chi connectivity index (χ3n) is 8.28. The molecule has 1 spiro atoms. The van der Waals surface area contributed by atoms with Gasteiger partial charge in [0.05, 0.1) is 12.5 Å². The van der Waals surface area contributed by atoms with Gasteiger partial charge < -0.3 is 14.2 Å². The number of nitrogens with zero attached hydrogens (tertiary/aromatic N) is 1. The number of hydrogen-bond acceptors (Lipinski definition) is 4. The molecule has 2 aromatic carbocycles. The van der Waals surface area contributed by atoms with Crippen molar-refractivity contribution in [3.63, 3.8) is 0 Å². The lowest BCUT2D eigenvalue weighted by Crippen LogP contribution is -2.59. The Kier molecular flexibility index (Phi) is 4.51. The maximum absolute atomic E-state index is 6.79. The van der Waals surface area contributed by atoms with Gasteiger partial charge in [0.25, 0.3) is 0 Å². The molecule has 2 aliphatic heterocycles. The number of allylic oxidation sites excluding steroid dienone is 2. The van der Waals surface area contributed by atoms with E-state index in [-0.39, 0.29) is 11.5 Å². The van der Waals surface area contributed by atoms with Crippen LogP contribution in [0.15, 0.2) is 64.4 Å². The second kappa shape index (κ2) is 7.38. The minimum absolute atomic E-state index is 0.115. The number of halogens is 1. The SMILES string of the molecule is COC1=CC=C2[C@H]3Cc4c(Br)cc(OCc5ccccc5)c5c4C2(CCN3CC2CC2)[C@H]1O5. The molecule has 170 valence electrons. The summed E-state index contributed by atoms with van der Waals surface area (Å²) in [7, 11) is 1.76. The van der Waals surface area contributed by atoms with Crippen molar-refractivity contribution in [3.8, 4) is 11.5 Å². The molecular weight excluding hydrogens is 478 g/mol. The maximum Gasteiger partial charge on any atom is 0.169 e. The van der Waals surface area contributed by atoms with Gasteiger partial charge in [-0.3, -0.25) is 4.90 Å². The van der Waals surface area contributed by atoms with E-state index in [1.54, 1.807) is 7.11 Å². The Morgan fingerprint density at radius 3 is 2.82 bits per heavy atom. The van der Waals surface area contributed by atoms with Crippen LogP contribution >= 0.6 is 15.9 Å². The third kappa shape index (κ3) is 2.91. The van der Waals surface area contributed by atoms with Gasteiger partial charge >= 0.3 is 0 Å². The van der Waals surface area contributed by atoms with Gasteiger partial charge in [0.1, 0.15) is 12.4 Å². The zero-order chi connectivity index (χ0) is 22.2. The molecule has 2 heterocycles. The van der Waals surface area contributed by atoms with Crippen molar-refractivity contribution in [2.24, 2.45) is 5.92 Å². The summed E-state index contributed by atoms with van der Waals surface area (Å²) < 4.78 is 20.2. The van der Waals surface area contributed by atoms with Gasteiger partial charge in [0.15, 0.2) is 17.6 Å². The highest BCUT2D eigenvalue weighted by atomic mass is 79.9. The van der Waals surface area contributed by atoms with Crippen LogP contribution in [0.3, 0.4) is 0 Å². The molecule has 1 unspecified atom stereocenters. The standard InChI is InChI=1S/C28H28BrNO3/c1-31-23-10-9-20-22-13-19-21(29)14-24(32-16-18-5-3-2-4-6-18)26-25(19)28(20,27(23)33-26)11-12-30(22)15-17-7-8-17/h2-6,9-10,14,17,22,27H,7-8,11-13,15-16H2,1H3/t22-,27+,28?/m1/s1. The molecular formula is C28H28BrNO3. The van der Waals surface area contributed by atoms with Crippen molar-refractivity contribution in [2.75, 3.05) is 20.2 Å². The van der Waals surface area contributed by atoms with E-state index in [1.165, 1.54) is 36.1 Å². The summed E-state index contributed by atoms with van der Waals surface area (Å²) in [5.74, 6) is 3.54. The van der Waals surface area contributed by atoms with Gasteiger partial charge in [-0.05, 0) is 60.4 Å². The van der Waals surface area contributed by atoms with Crippen molar-refractivity contribution >= 4 is 15.9 Å². The quantitative estimate of drug-likeness (QED) is 0.515. The van der Waals surface area contributed by atoms with Gasteiger partial charge in [-0.1, -0.05) is 52.3 Å². The van der Waals surface area contributed by atoms with Gasteiger partial charge in [0, 0.05) is 29.2 Å². The lowest BCUT2D eigenvalue weighted by Gasteiger charge is -2.53. The van der Waals surface area contributed by atoms with Gasteiger partial charge in [0.2, 0.25) is 0 Å². The van der Waals surface area contributed by atoms with Crippen LogP contribution in [-0.4, -0.2) is 37.2 Å². The Balaban J connectivity index is 1.35. The molecule has 2 aromatic rings. The molecule has 1 saturated heterocycles. The lowest BCUT2D eigenvalue weighted by atomic mass is 9.57. The van der Waals surface area contributed by atoms with Gasteiger partial charge in [-0.25, -0.2) is 0 Å². The first kappa shape index (κ1) is 20.2. The monoisotopic (exact) mass is 505 g/mol. The van der Waals surface area contributed by atoms with Crippen molar-refractivity contribution in [3.05, 3.63) is 81.0 Å². The molecule has 4 nitrogen and oxygen atoms in total. The second-order valence-corrected chi connectivity index (χ2v) is 10.9. The highest BCUT2D eigenvalue weighted by Gasteiger charge is 2.63. The summed E-state index contributed by atoms with van der Waals surface area (Å²) >= 11 is 3.93. The van der Waals surface area contributed by atoms with Crippen LogP contribution in [0.25, 0.3) is 0 Å².